The van der Waals surface area contributed by atoms with E-state index in [1.54, 1.807) is 23.5 Å². The number of halogens is 1. The molecule has 0 N–H and O–H groups in total. The smallest absolute Gasteiger partial charge is 0.243 e. The third kappa shape index (κ3) is 4.78. The SMILES string of the molecule is COc1ccc([C@H]2O[C@@H](CI)CN(S(=O)(=O)c3ccc(C)cc3)[C@H]2C(C)C)cc1. The fourth-order valence-electron chi connectivity index (χ4n) is 3.74. The first-order valence-electron chi connectivity index (χ1n) is 9.71. The number of hydrogen-bond donors (Lipinski definition) is 0. The predicted molar refractivity (Wildman–Crippen MR) is 123 cm³/mol. The van der Waals surface area contributed by atoms with Gasteiger partial charge < -0.3 is 9.47 Å². The topological polar surface area (TPSA) is 55.8 Å². The van der Waals surface area contributed by atoms with Crippen LogP contribution in [-0.4, -0.2) is 43.0 Å². The number of benzene rings is 2. The maximum absolute atomic E-state index is 13.6. The van der Waals surface area contributed by atoms with Crippen molar-refractivity contribution in [3.8, 4) is 5.75 Å². The molecule has 5 nitrogen and oxygen atoms in total. The number of methoxy groups -OCH3 is 1. The lowest BCUT2D eigenvalue weighted by atomic mass is 9.91. The molecule has 2 aromatic rings. The zero-order valence-corrected chi connectivity index (χ0v) is 20.2. The van der Waals surface area contributed by atoms with Gasteiger partial charge in [-0.05, 0) is 42.7 Å². The summed E-state index contributed by atoms with van der Waals surface area (Å²) in [7, 11) is -2.01. The lowest BCUT2D eigenvalue weighted by molar-refractivity contribution is -0.0970. The fourth-order valence-corrected chi connectivity index (χ4v) is 6.02. The number of rotatable bonds is 6. The molecule has 7 heteroatoms. The molecule has 0 amide bonds. The first-order chi connectivity index (χ1) is 13.8. The summed E-state index contributed by atoms with van der Waals surface area (Å²) >= 11 is 2.26. The highest BCUT2D eigenvalue weighted by Gasteiger charge is 2.45. The Kier molecular flexibility index (Phi) is 7.24. The van der Waals surface area contributed by atoms with Crippen molar-refractivity contribution in [1.82, 2.24) is 4.31 Å². The van der Waals surface area contributed by atoms with Crippen LogP contribution in [0.1, 0.15) is 31.1 Å². The van der Waals surface area contributed by atoms with E-state index < -0.39 is 10.0 Å². The van der Waals surface area contributed by atoms with Gasteiger partial charge in [-0.15, -0.1) is 0 Å². The summed E-state index contributed by atoms with van der Waals surface area (Å²) in [5.74, 6) is 0.845. The summed E-state index contributed by atoms with van der Waals surface area (Å²) in [4.78, 5) is 0.330. The van der Waals surface area contributed by atoms with Crippen molar-refractivity contribution in [2.75, 3.05) is 18.1 Å². The van der Waals surface area contributed by atoms with Gasteiger partial charge in [0.15, 0.2) is 0 Å². The highest BCUT2D eigenvalue weighted by molar-refractivity contribution is 14.1. The summed E-state index contributed by atoms with van der Waals surface area (Å²) in [6, 6.07) is 14.5. The van der Waals surface area contributed by atoms with E-state index in [0.717, 1.165) is 21.3 Å². The maximum Gasteiger partial charge on any atom is 0.243 e. The highest BCUT2D eigenvalue weighted by atomic mass is 127. The van der Waals surface area contributed by atoms with Crippen molar-refractivity contribution >= 4 is 32.6 Å². The zero-order valence-electron chi connectivity index (χ0n) is 17.2. The number of aryl methyl sites for hydroxylation is 1. The second-order valence-electron chi connectivity index (χ2n) is 7.73. The van der Waals surface area contributed by atoms with E-state index in [4.69, 9.17) is 9.47 Å². The molecule has 0 radical (unpaired) electrons. The fraction of sp³-hybridized carbons (Fsp3) is 0.455. The van der Waals surface area contributed by atoms with Gasteiger partial charge in [-0.25, -0.2) is 8.42 Å². The van der Waals surface area contributed by atoms with Crippen molar-refractivity contribution in [1.29, 1.82) is 0 Å². The number of sulfonamides is 1. The van der Waals surface area contributed by atoms with Crippen LogP contribution in [0.5, 0.6) is 5.75 Å². The summed E-state index contributed by atoms with van der Waals surface area (Å²) in [5, 5.41) is 0. The number of ether oxygens (including phenoxy) is 2. The standard InChI is InChI=1S/C22H28INO4S/c1-15(2)21-22(17-7-9-18(27-4)10-8-17)28-19(13-23)14-24(21)29(25,26)20-11-5-16(3)6-12-20/h5-12,15,19,21-22H,13-14H2,1-4H3/t19-,21-,22+/m0/s1. The van der Waals surface area contributed by atoms with Gasteiger partial charge in [-0.1, -0.05) is 66.3 Å². The normalized spacial score (nSPS) is 23.3. The van der Waals surface area contributed by atoms with Gasteiger partial charge in [0.2, 0.25) is 10.0 Å². The Hall–Kier alpha value is -1.16. The molecule has 2 aromatic carbocycles. The minimum Gasteiger partial charge on any atom is -0.497 e. The van der Waals surface area contributed by atoms with Crippen LogP contribution in [0.3, 0.4) is 0 Å². The molecule has 0 aromatic heterocycles. The molecule has 158 valence electrons. The van der Waals surface area contributed by atoms with Crippen molar-refractivity contribution in [2.24, 2.45) is 5.92 Å². The van der Waals surface area contributed by atoms with Gasteiger partial charge in [0.1, 0.15) is 5.75 Å². The number of alkyl halides is 1. The van der Waals surface area contributed by atoms with E-state index >= 15 is 0 Å². The van der Waals surface area contributed by atoms with Crippen LogP contribution >= 0.6 is 22.6 Å². The molecule has 29 heavy (non-hydrogen) atoms. The van der Waals surface area contributed by atoms with E-state index in [2.05, 4.69) is 22.6 Å². The molecular formula is C22H28INO4S. The van der Waals surface area contributed by atoms with E-state index in [1.807, 2.05) is 57.2 Å². The number of nitrogens with zero attached hydrogens (tertiary/aromatic N) is 1. The van der Waals surface area contributed by atoms with Gasteiger partial charge in [0, 0.05) is 11.0 Å². The molecule has 1 aliphatic heterocycles. The summed E-state index contributed by atoms with van der Waals surface area (Å²) in [6.07, 6.45) is -0.507. The van der Waals surface area contributed by atoms with Crippen LogP contribution < -0.4 is 4.74 Å². The van der Waals surface area contributed by atoms with Gasteiger partial charge in [-0.3, -0.25) is 0 Å². The molecule has 1 heterocycles. The molecule has 1 aliphatic rings. The third-order valence-corrected chi connectivity index (χ3v) is 8.15. The van der Waals surface area contributed by atoms with Gasteiger partial charge in [0.25, 0.3) is 0 Å². The average molecular weight is 529 g/mol. The molecule has 1 saturated heterocycles. The van der Waals surface area contributed by atoms with Crippen LogP contribution in [0.2, 0.25) is 0 Å². The average Bonchev–Trinajstić information content (AvgIpc) is 2.73. The number of hydrogen-bond acceptors (Lipinski definition) is 4. The van der Waals surface area contributed by atoms with Crippen LogP contribution in [0.4, 0.5) is 0 Å². The Labute approximate surface area is 187 Å². The molecule has 3 rings (SSSR count). The molecule has 0 bridgehead atoms. The summed E-state index contributed by atoms with van der Waals surface area (Å²) in [5.41, 5.74) is 2.00. The lowest BCUT2D eigenvalue weighted by Gasteiger charge is -2.45. The molecule has 0 unspecified atom stereocenters. The van der Waals surface area contributed by atoms with E-state index in [1.165, 1.54) is 0 Å². The molecule has 0 spiro atoms. The molecule has 1 fully saturated rings. The Morgan fingerprint density at radius 1 is 1.14 bits per heavy atom. The number of morpholine rings is 1. The Morgan fingerprint density at radius 3 is 2.28 bits per heavy atom. The largest absolute Gasteiger partial charge is 0.497 e. The zero-order chi connectivity index (χ0) is 21.2. The second kappa shape index (κ2) is 9.32. The monoisotopic (exact) mass is 529 g/mol. The van der Waals surface area contributed by atoms with E-state index in [-0.39, 0.29) is 24.2 Å². The maximum atomic E-state index is 13.6. The molecular weight excluding hydrogens is 501 g/mol. The van der Waals surface area contributed by atoms with Crippen LogP contribution in [0, 0.1) is 12.8 Å². The molecule has 0 saturated carbocycles. The van der Waals surface area contributed by atoms with Gasteiger partial charge >= 0.3 is 0 Å². The minimum absolute atomic E-state index is 0.0810. The third-order valence-electron chi connectivity index (χ3n) is 5.29. The highest BCUT2D eigenvalue weighted by Crippen LogP contribution is 2.39. The Balaban J connectivity index is 2.05. The predicted octanol–water partition coefficient (Wildman–Crippen LogP) is 4.59. The van der Waals surface area contributed by atoms with Crippen molar-refractivity contribution < 1.29 is 17.9 Å². The first-order valence-corrected chi connectivity index (χ1v) is 12.7. The van der Waals surface area contributed by atoms with Crippen LogP contribution in [0.25, 0.3) is 0 Å². The van der Waals surface area contributed by atoms with Crippen LogP contribution in [-0.2, 0) is 14.8 Å². The molecule has 3 atom stereocenters. The van der Waals surface area contributed by atoms with Crippen molar-refractivity contribution in [3.63, 3.8) is 0 Å². The van der Waals surface area contributed by atoms with Crippen LogP contribution in [0.15, 0.2) is 53.4 Å². The van der Waals surface area contributed by atoms with Crippen molar-refractivity contribution in [3.05, 3.63) is 59.7 Å². The minimum atomic E-state index is -3.64. The lowest BCUT2D eigenvalue weighted by Crippen LogP contribution is -2.55. The second-order valence-corrected chi connectivity index (χ2v) is 10.5. The van der Waals surface area contributed by atoms with E-state index in [0.29, 0.717) is 11.4 Å². The van der Waals surface area contributed by atoms with Gasteiger partial charge in [0.05, 0.1) is 30.3 Å². The Morgan fingerprint density at radius 2 is 1.76 bits per heavy atom. The first kappa shape index (κ1) is 22.5. The van der Waals surface area contributed by atoms with E-state index in [9.17, 15) is 8.42 Å². The van der Waals surface area contributed by atoms with Gasteiger partial charge in [-0.2, -0.15) is 4.31 Å². The summed E-state index contributed by atoms with van der Waals surface area (Å²) in [6.45, 7) is 6.40. The quantitative estimate of drug-likeness (QED) is 0.406. The Bertz CT molecular complexity index is 913. The molecule has 0 aliphatic carbocycles. The van der Waals surface area contributed by atoms with Crippen molar-refractivity contribution in [2.45, 2.75) is 43.9 Å². The summed E-state index contributed by atoms with van der Waals surface area (Å²) < 4.78 is 41.2.